The summed E-state index contributed by atoms with van der Waals surface area (Å²) in [6.45, 7) is 7.01. The first-order chi connectivity index (χ1) is 6.87. The van der Waals surface area contributed by atoms with Crippen LogP contribution >= 0.6 is 0 Å². The van der Waals surface area contributed by atoms with E-state index in [-0.39, 0.29) is 17.1 Å². The van der Waals surface area contributed by atoms with Crippen LogP contribution in [0.15, 0.2) is 18.2 Å². The van der Waals surface area contributed by atoms with Gasteiger partial charge in [-0.25, -0.2) is 4.39 Å². The van der Waals surface area contributed by atoms with Gasteiger partial charge in [0.15, 0.2) is 0 Å². The van der Waals surface area contributed by atoms with Gasteiger partial charge in [0.1, 0.15) is 11.6 Å². The van der Waals surface area contributed by atoms with Gasteiger partial charge in [-0.2, -0.15) is 0 Å². The van der Waals surface area contributed by atoms with E-state index < -0.39 is 0 Å². The summed E-state index contributed by atoms with van der Waals surface area (Å²) in [4.78, 5) is 0. The SMILES string of the molecule is CC(C)(C)NCCc1cc(O)cc(F)c1. The molecule has 1 aromatic rings. The van der Waals surface area contributed by atoms with E-state index in [1.807, 2.05) is 0 Å². The molecule has 84 valence electrons. The minimum absolute atomic E-state index is 0.0132. The molecule has 2 N–H and O–H groups in total. The predicted molar refractivity (Wildman–Crippen MR) is 59.5 cm³/mol. The molecule has 0 saturated carbocycles. The first kappa shape index (κ1) is 12.0. The molecule has 0 heterocycles. The lowest BCUT2D eigenvalue weighted by Crippen LogP contribution is -2.37. The maximum Gasteiger partial charge on any atom is 0.127 e. The Hall–Kier alpha value is -1.09. The zero-order valence-corrected chi connectivity index (χ0v) is 9.47. The Kier molecular flexibility index (Phi) is 3.69. The number of aromatic hydroxyl groups is 1. The normalized spacial score (nSPS) is 11.7. The minimum atomic E-state index is -0.388. The van der Waals surface area contributed by atoms with Crippen molar-refractivity contribution in [2.24, 2.45) is 0 Å². The van der Waals surface area contributed by atoms with Gasteiger partial charge in [-0.15, -0.1) is 0 Å². The molecule has 0 atom stereocenters. The highest BCUT2D eigenvalue weighted by atomic mass is 19.1. The summed E-state index contributed by atoms with van der Waals surface area (Å²) in [5, 5.41) is 12.5. The Morgan fingerprint density at radius 1 is 1.27 bits per heavy atom. The molecule has 1 rings (SSSR count). The van der Waals surface area contributed by atoms with Crippen molar-refractivity contribution in [1.29, 1.82) is 0 Å². The second-order valence-electron chi connectivity index (χ2n) is 4.74. The fraction of sp³-hybridized carbons (Fsp3) is 0.500. The number of nitrogens with one attached hydrogen (secondary N) is 1. The lowest BCUT2D eigenvalue weighted by molar-refractivity contribution is 0.428. The summed E-state index contributed by atoms with van der Waals surface area (Å²) in [6.07, 6.45) is 0.711. The third-order valence-electron chi connectivity index (χ3n) is 2.01. The number of hydrogen-bond acceptors (Lipinski definition) is 2. The molecule has 1 aromatic carbocycles. The smallest absolute Gasteiger partial charge is 0.127 e. The fourth-order valence-corrected chi connectivity index (χ4v) is 1.36. The molecule has 0 fully saturated rings. The highest BCUT2D eigenvalue weighted by Gasteiger charge is 2.08. The van der Waals surface area contributed by atoms with Gasteiger partial charge in [-0.05, 0) is 51.4 Å². The number of phenolic OH excluding ortho intramolecular Hbond substituents is 1. The highest BCUT2D eigenvalue weighted by Crippen LogP contribution is 2.14. The molecule has 0 saturated heterocycles. The van der Waals surface area contributed by atoms with E-state index in [9.17, 15) is 9.50 Å². The molecule has 2 nitrogen and oxygen atoms in total. The number of benzene rings is 1. The first-order valence-electron chi connectivity index (χ1n) is 5.10. The quantitative estimate of drug-likeness (QED) is 0.805. The topological polar surface area (TPSA) is 32.3 Å². The van der Waals surface area contributed by atoms with Crippen LogP contribution in [0, 0.1) is 5.82 Å². The summed E-state index contributed by atoms with van der Waals surface area (Å²) in [7, 11) is 0. The zero-order valence-electron chi connectivity index (χ0n) is 9.47. The average molecular weight is 211 g/mol. The van der Waals surface area contributed by atoms with Gasteiger partial charge in [0.25, 0.3) is 0 Å². The van der Waals surface area contributed by atoms with Crippen molar-refractivity contribution in [3.05, 3.63) is 29.6 Å². The molecule has 0 aliphatic carbocycles. The van der Waals surface area contributed by atoms with Crippen LogP contribution in [0.4, 0.5) is 4.39 Å². The van der Waals surface area contributed by atoms with E-state index in [0.717, 1.165) is 18.2 Å². The van der Waals surface area contributed by atoms with E-state index >= 15 is 0 Å². The molecular weight excluding hydrogens is 193 g/mol. The Labute approximate surface area is 90.1 Å². The third kappa shape index (κ3) is 4.79. The van der Waals surface area contributed by atoms with E-state index in [2.05, 4.69) is 26.1 Å². The van der Waals surface area contributed by atoms with Crippen molar-refractivity contribution in [2.45, 2.75) is 32.7 Å². The summed E-state index contributed by atoms with van der Waals surface area (Å²) < 4.78 is 12.9. The maximum absolute atomic E-state index is 12.9. The van der Waals surface area contributed by atoms with Crippen LogP contribution in [0.2, 0.25) is 0 Å². The highest BCUT2D eigenvalue weighted by molar-refractivity contribution is 5.28. The molecular formula is C12H18FNO. The number of rotatable bonds is 3. The van der Waals surface area contributed by atoms with Crippen molar-refractivity contribution in [1.82, 2.24) is 5.32 Å². The molecule has 0 unspecified atom stereocenters. The molecule has 0 amide bonds. The van der Waals surface area contributed by atoms with Crippen molar-refractivity contribution < 1.29 is 9.50 Å². The van der Waals surface area contributed by atoms with Crippen molar-refractivity contribution in [3.63, 3.8) is 0 Å². The van der Waals surface area contributed by atoms with E-state index in [4.69, 9.17) is 0 Å². The van der Waals surface area contributed by atoms with Gasteiger partial charge in [0, 0.05) is 11.6 Å². The second-order valence-corrected chi connectivity index (χ2v) is 4.74. The van der Waals surface area contributed by atoms with Gasteiger partial charge in [-0.3, -0.25) is 0 Å². The lowest BCUT2D eigenvalue weighted by Gasteiger charge is -2.20. The third-order valence-corrected chi connectivity index (χ3v) is 2.01. The standard InChI is InChI=1S/C12H18FNO/c1-12(2,3)14-5-4-9-6-10(13)8-11(15)7-9/h6-8,14-15H,4-5H2,1-3H3. The second kappa shape index (κ2) is 4.62. The largest absolute Gasteiger partial charge is 0.508 e. The number of halogens is 1. The van der Waals surface area contributed by atoms with Crippen molar-refractivity contribution >= 4 is 0 Å². The van der Waals surface area contributed by atoms with Crippen molar-refractivity contribution in [2.75, 3.05) is 6.54 Å². The molecule has 0 aliphatic rings. The number of hydrogen-bond donors (Lipinski definition) is 2. The molecule has 0 radical (unpaired) electrons. The lowest BCUT2D eigenvalue weighted by atomic mass is 10.1. The van der Waals surface area contributed by atoms with Gasteiger partial charge >= 0.3 is 0 Å². The van der Waals surface area contributed by atoms with Crippen LogP contribution in [-0.2, 0) is 6.42 Å². The van der Waals surface area contributed by atoms with Gasteiger partial charge in [0.2, 0.25) is 0 Å². The van der Waals surface area contributed by atoms with Gasteiger partial charge in [-0.1, -0.05) is 0 Å². The van der Waals surface area contributed by atoms with Gasteiger partial charge in [0.05, 0.1) is 0 Å². The Bertz CT molecular complexity index is 311. The Morgan fingerprint density at radius 2 is 1.93 bits per heavy atom. The number of phenols is 1. The molecule has 0 aromatic heterocycles. The monoisotopic (exact) mass is 211 g/mol. The summed E-state index contributed by atoms with van der Waals surface area (Å²) in [5.74, 6) is -0.401. The van der Waals surface area contributed by atoms with E-state index in [0.29, 0.717) is 6.42 Å². The summed E-state index contributed by atoms with van der Waals surface area (Å²) in [5.41, 5.74) is 0.874. The van der Waals surface area contributed by atoms with E-state index in [1.165, 1.54) is 6.07 Å². The van der Waals surface area contributed by atoms with E-state index in [1.54, 1.807) is 6.07 Å². The predicted octanol–water partition coefficient (Wildman–Crippen LogP) is 2.46. The van der Waals surface area contributed by atoms with Crippen LogP contribution in [0.1, 0.15) is 26.3 Å². The van der Waals surface area contributed by atoms with Crippen LogP contribution in [0.3, 0.4) is 0 Å². The molecule has 0 bridgehead atoms. The molecule has 0 aliphatic heterocycles. The maximum atomic E-state index is 12.9. The molecule has 0 spiro atoms. The first-order valence-corrected chi connectivity index (χ1v) is 5.10. The zero-order chi connectivity index (χ0) is 11.5. The summed E-state index contributed by atoms with van der Waals surface area (Å²) >= 11 is 0. The average Bonchev–Trinajstić information content (AvgIpc) is 1.99. The Balaban J connectivity index is 2.51. The molecule has 15 heavy (non-hydrogen) atoms. The van der Waals surface area contributed by atoms with Crippen LogP contribution in [0.25, 0.3) is 0 Å². The molecule has 3 heteroatoms. The van der Waals surface area contributed by atoms with Gasteiger partial charge < -0.3 is 10.4 Å². The minimum Gasteiger partial charge on any atom is -0.508 e. The Morgan fingerprint density at radius 3 is 2.47 bits per heavy atom. The van der Waals surface area contributed by atoms with Crippen LogP contribution in [0.5, 0.6) is 5.75 Å². The van der Waals surface area contributed by atoms with Crippen LogP contribution < -0.4 is 5.32 Å². The fourth-order valence-electron chi connectivity index (χ4n) is 1.36. The van der Waals surface area contributed by atoms with Crippen molar-refractivity contribution in [3.8, 4) is 5.75 Å². The van der Waals surface area contributed by atoms with Crippen LogP contribution in [-0.4, -0.2) is 17.2 Å². The summed E-state index contributed by atoms with van der Waals surface area (Å²) in [6, 6.07) is 4.15.